The SMILES string of the molecule is NCC1CCN(c2ccccc2Br)S1(=O)=O. The van der Waals surface area contributed by atoms with E-state index in [4.69, 9.17) is 5.73 Å². The van der Waals surface area contributed by atoms with Crippen LogP contribution >= 0.6 is 15.9 Å². The van der Waals surface area contributed by atoms with Gasteiger partial charge < -0.3 is 5.73 Å². The van der Waals surface area contributed by atoms with Crippen molar-refractivity contribution in [1.82, 2.24) is 0 Å². The molecule has 1 atom stereocenters. The Hall–Kier alpha value is -0.590. The number of nitrogens with zero attached hydrogens (tertiary/aromatic N) is 1. The minimum absolute atomic E-state index is 0.184. The largest absolute Gasteiger partial charge is 0.329 e. The molecule has 0 aliphatic carbocycles. The van der Waals surface area contributed by atoms with E-state index in [-0.39, 0.29) is 6.54 Å². The summed E-state index contributed by atoms with van der Waals surface area (Å²) in [4.78, 5) is 0. The number of rotatable bonds is 2. The summed E-state index contributed by atoms with van der Waals surface area (Å²) in [5.74, 6) is 0. The van der Waals surface area contributed by atoms with Gasteiger partial charge in [0, 0.05) is 17.6 Å². The second-order valence-electron chi connectivity index (χ2n) is 3.71. The summed E-state index contributed by atoms with van der Waals surface area (Å²) in [6.07, 6.45) is 0.597. The van der Waals surface area contributed by atoms with Gasteiger partial charge in [-0.25, -0.2) is 8.42 Å². The normalized spacial score (nSPS) is 23.6. The summed E-state index contributed by atoms with van der Waals surface area (Å²) >= 11 is 3.36. The summed E-state index contributed by atoms with van der Waals surface area (Å²) in [6.45, 7) is 0.691. The molecule has 1 heterocycles. The minimum Gasteiger partial charge on any atom is -0.329 e. The lowest BCUT2D eigenvalue weighted by Gasteiger charge is -2.19. The summed E-state index contributed by atoms with van der Waals surface area (Å²) in [6, 6.07) is 7.31. The lowest BCUT2D eigenvalue weighted by atomic mass is 10.3. The van der Waals surface area contributed by atoms with Crippen LogP contribution < -0.4 is 10.0 Å². The predicted octanol–water partition coefficient (Wildman–Crippen LogP) is 1.32. The van der Waals surface area contributed by atoms with E-state index in [2.05, 4.69) is 15.9 Å². The van der Waals surface area contributed by atoms with Gasteiger partial charge in [-0.1, -0.05) is 12.1 Å². The maximum absolute atomic E-state index is 12.1. The zero-order valence-corrected chi connectivity index (χ0v) is 11.0. The van der Waals surface area contributed by atoms with Crippen LogP contribution in [0.1, 0.15) is 6.42 Å². The van der Waals surface area contributed by atoms with Crippen molar-refractivity contribution in [1.29, 1.82) is 0 Å². The Kier molecular flexibility index (Phi) is 3.23. The van der Waals surface area contributed by atoms with E-state index in [0.29, 0.717) is 18.7 Å². The van der Waals surface area contributed by atoms with E-state index < -0.39 is 15.3 Å². The number of hydrogen-bond donors (Lipinski definition) is 1. The summed E-state index contributed by atoms with van der Waals surface area (Å²) in [5.41, 5.74) is 6.16. The second kappa shape index (κ2) is 4.35. The molecule has 0 bridgehead atoms. The lowest BCUT2D eigenvalue weighted by Crippen LogP contribution is -2.33. The molecule has 1 aromatic carbocycles. The third kappa shape index (κ3) is 1.85. The maximum Gasteiger partial charge on any atom is 0.239 e. The van der Waals surface area contributed by atoms with Crippen LogP contribution in [0, 0.1) is 0 Å². The summed E-state index contributed by atoms with van der Waals surface area (Å²) in [7, 11) is -3.28. The van der Waals surface area contributed by atoms with E-state index in [1.807, 2.05) is 18.2 Å². The molecule has 1 aliphatic heterocycles. The number of nitrogens with two attached hydrogens (primary N) is 1. The Morgan fingerprint density at radius 3 is 2.69 bits per heavy atom. The Bertz CT molecular complexity index is 489. The van der Waals surface area contributed by atoms with Gasteiger partial charge in [0.05, 0.1) is 10.9 Å². The van der Waals surface area contributed by atoms with Gasteiger partial charge in [-0.2, -0.15) is 0 Å². The highest BCUT2D eigenvalue weighted by Crippen LogP contribution is 2.33. The maximum atomic E-state index is 12.1. The molecule has 2 rings (SSSR count). The quantitative estimate of drug-likeness (QED) is 0.896. The molecule has 0 radical (unpaired) electrons. The Balaban J connectivity index is 2.42. The van der Waals surface area contributed by atoms with Crippen molar-refractivity contribution in [3.8, 4) is 0 Å². The van der Waals surface area contributed by atoms with E-state index in [0.717, 1.165) is 4.47 Å². The predicted molar refractivity (Wildman–Crippen MR) is 67.9 cm³/mol. The molecule has 1 fully saturated rings. The topological polar surface area (TPSA) is 63.4 Å². The van der Waals surface area contributed by atoms with Gasteiger partial charge in [0.15, 0.2) is 0 Å². The number of sulfonamides is 1. The van der Waals surface area contributed by atoms with Gasteiger partial charge in [0.25, 0.3) is 0 Å². The first-order valence-electron chi connectivity index (χ1n) is 5.03. The van der Waals surface area contributed by atoms with Crippen LogP contribution in [0.15, 0.2) is 28.7 Å². The molecule has 2 N–H and O–H groups in total. The van der Waals surface area contributed by atoms with Crippen molar-refractivity contribution in [3.63, 3.8) is 0 Å². The van der Waals surface area contributed by atoms with Gasteiger partial charge in [0.2, 0.25) is 10.0 Å². The first kappa shape index (κ1) is 11.9. The van der Waals surface area contributed by atoms with Crippen LogP contribution in [-0.2, 0) is 10.0 Å². The second-order valence-corrected chi connectivity index (χ2v) is 6.71. The van der Waals surface area contributed by atoms with E-state index in [1.165, 1.54) is 4.31 Å². The molecule has 1 aromatic rings. The fraction of sp³-hybridized carbons (Fsp3) is 0.400. The molecule has 4 nitrogen and oxygen atoms in total. The van der Waals surface area contributed by atoms with Gasteiger partial charge in [-0.05, 0) is 34.5 Å². The average Bonchev–Trinajstić information content (AvgIpc) is 2.54. The Labute approximate surface area is 104 Å². The van der Waals surface area contributed by atoms with Crippen LogP contribution in [0.25, 0.3) is 0 Å². The number of benzene rings is 1. The fourth-order valence-electron chi connectivity index (χ4n) is 1.87. The van der Waals surface area contributed by atoms with Crippen molar-refractivity contribution in [3.05, 3.63) is 28.7 Å². The van der Waals surface area contributed by atoms with Gasteiger partial charge in [-0.15, -0.1) is 0 Å². The van der Waals surface area contributed by atoms with Crippen LogP contribution in [0.5, 0.6) is 0 Å². The molecule has 6 heteroatoms. The van der Waals surface area contributed by atoms with E-state index in [1.54, 1.807) is 6.07 Å². The van der Waals surface area contributed by atoms with Crippen LogP contribution in [0.4, 0.5) is 5.69 Å². The molecule has 0 saturated carbocycles. The summed E-state index contributed by atoms with van der Waals surface area (Å²) in [5, 5.41) is -0.445. The molecule has 16 heavy (non-hydrogen) atoms. The highest BCUT2D eigenvalue weighted by atomic mass is 79.9. The van der Waals surface area contributed by atoms with Crippen molar-refractivity contribution < 1.29 is 8.42 Å². The molecule has 1 unspecified atom stereocenters. The lowest BCUT2D eigenvalue weighted by molar-refractivity contribution is 0.588. The zero-order chi connectivity index (χ0) is 11.8. The monoisotopic (exact) mass is 304 g/mol. The van der Waals surface area contributed by atoms with Crippen LogP contribution in [0.2, 0.25) is 0 Å². The zero-order valence-electron chi connectivity index (χ0n) is 8.64. The van der Waals surface area contributed by atoms with Crippen molar-refractivity contribution in [2.24, 2.45) is 5.73 Å². The third-order valence-electron chi connectivity index (χ3n) is 2.77. The standard InChI is InChI=1S/C10H13BrN2O2S/c11-9-3-1-2-4-10(9)13-6-5-8(7-12)16(13,14)15/h1-4,8H,5-7,12H2. The van der Waals surface area contributed by atoms with E-state index >= 15 is 0 Å². The van der Waals surface area contributed by atoms with Crippen molar-refractivity contribution in [2.75, 3.05) is 17.4 Å². The molecule has 0 aromatic heterocycles. The van der Waals surface area contributed by atoms with Gasteiger partial charge in [-0.3, -0.25) is 4.31 Å². The highest BCUT2D eigenvalue weighted by Gasteiger charge is 2.38. The van der Waals surface area contributed by atoms with Crippen molar-refractivity contribution >= 4 is 31.6 Å². The highest BCUT2D eigenvalue weighted by molar-refractivity contribution is 9.10. The van der Waals surface area contributed by atoms with Crippen molar-refractivity contribution in [2.45, 2.75) is 11.7 Å². The molecular weight excluding hydrogens is 292 g/mol. The Morgan fingerprint density at radius 2 is 2.12 bits per heavy atom. The molecule has 0 amide bonds. The number of hydrogen-bond acceptors (Lipinski definition) is 3. The van der Waals surface area contributed by atoms with E-state index in [9.17, 15) is 8.42 Å². The first-order valence-corrected chi connectivity index (χ1v) is 7.33. The average molecular weight is 305 g/mol. The summed E-state index contributed by atoms with van der Waals surface area (Å²) < 4.78 is 26.4. The molecule has 1 saturated heterocycles. The number of halogens is 1. The first-order chi connectivity index (χ1) is 7.57. The minimum atomic E-state index is -3.28. The smallest absolute Gasteiger partial charge is 0.239 e. The number of anilines is 1. The van der Waals surface area contributed by atoms with Gasteiger partial charge >= 0.3 is 0 Å². The Morgan fingerprint density at radius 1 is 1.44 bits per heavy atom. The van der Waals surface area contributed by atoms with Crippen LogP contribution in [0.3, 0.4) is 0 Å². The van der Waals surface area contributed by atoms with Gasteiger partial charge in [0.1, 0.15) is 0 Å². The molecule has 0 spiro atoms. The van der Waals surface area contributed by atoms with Crippen LogP contribution in [-0.4, -0.2) is 26.8 Å². The molecule has 88 valence electrons. The fourth-order valence-corrected chi connectivity index (χ4v) is 4.28. The number of para-hydroxylation sites is 1. The molecule has 1 aliphatic rings. The molecular formula is C10H13BrN2O2S. The third-order valence-corrected chi connectivity index (χ3v) is 5.70.